The lowest BCUT2D eigenvalue weighted by atomic mass is 10.1. The van der Waals surface area contributed by atoms with Crippen molar-refractivity contribution < 1.29 is 22.8 Å². The largest absolute Gasteiger partial charge is 0.471 e. The first-order valence-electron chi connectivity index (χ1n) is 7.98. The highest BCUT2D eigenvalue weighted by Gasteiger charge is 2.38. The molecule has 2 rings (SSSR count). The number of nitrogens with one attached hydrogen (secondary N) is 2. The summed E-state index contributed by atoms with van der Waals surface area (Å²) in [4.78, 5) is 23.2. The first-order valence-corrected chi connectivity index (χ1v) is 7.98. The number of benzene rings is 2. The number of amides is 2. The average Bonchev–Trinajstić information content (AvgIpc) is 2.61. The second-order valence-corrected chi connectivity index (χ2v) is 5.97. The number of carbonyl (C=O) groups is 2. The number of hydrogen-bond donors (Lipinski definition) is 2. The molecule has 142 valence electrons. The third kappa shape index (κ3) is 5.40. The molecule has 0 unspecified atom stereocenters. The lowest BCUT2D eigenvalue weighted by molar-refractivity contribution is -0.167. The highest BCUT2D eigenvalue weighted by atomic mass is 19.4. The maximum Gasteiger partial charge on any atom is 0.471 e. The predicted octanol–water partition coefficient (Wildman–Crippen LogP) is 3.96. The number of anilines is 1. The fraction of sp³-hybridized carbons (Fsp3) is 0.211. The average molecular weight is 377 g/mol. The topological polar surface area (TPSA) is 70.6 Å². The van der Waals surface area contributed by atoms with Crippen LogP contribution in [-0.2, 0) is 4.79 Å². The summed E-state index contributed by atoms with van der Waals surface area (Å²) < 4.78 is 37.0. The minimum Gasteiger partial charge on any atom is -0.318 e. The lowest BCUT2D eigenvalue weighted by Crippen LogP contribution is -2.29. The normalized spacial score (nSPS) is 11.9. The van der Waals surface area contributed by atoms with Gasteiger partial charge in [-0.15, -0.1) is 0 Å². The molecule has 0 aliphatic heterocycles. The molecule has 8 heteroatoms. The van der Waals surface area contributed by atoms with Gasteiger partial charge in [-0.1, -0.05) is 18.2 Å². The molecule has 2 aromatic rings. The molecule has 27 heavy (non-hydrogen) atoms. The van der Waals surface area contributed by atoms with Gasteiger partial charge in [-0.2, -0.15) is 18.3 Å². The summed E-state index contributed by atoms with van der Waals surface area (Å²) >= 11 is 0. The highest BCUT2D eigenvalue weighted by Crippen LogP contribution is 2.19. The van der Waals surface area contributed by atoms with Gasteiger partial charge in [0, 0.05) is 11.3 Å². The number of alkyl halides is 3. The van der Waals surface area contributed by atoms with Crippen molar-refractivity contribution in [2.45, 2.75) is 26.9 Å². The molecule has 0 heterocycles. The summed E-state index contributed by atoms with van der Waals surface area (Å²) in [6.07, 6.45) is -4.97. The third-order valence-electron chi connectivity index (χ3n) is 3.89. The molecule has 0 atom stereocenters. The van der Waals surface area contributed by atoms with E-state index in [9.17, 15) is 22.8 Å². The van der Waals surface area contributed by atoms with Gasteiger partial charge in [-0.25, -0.2) is 5.43 Å². The van der Waals surface area contributed by atoms with E-state index in [-0.39, 0.29) is 5.69 Å². The van der Waals surface area contributed by atoms with Crippen LogP contribution in [0.4, 0.5) is 18.9 Å². The maximum absolute atomic E-state index is 12.3. The molecule has 0 bridgehead atoms. The Bertz CT molecular complexity index is 905. The molecule has 0 aromatic heterocycles. The van der Waals surface area contributed by atoms with Crippen molar-refractivity contribution in [1.29, 1.82) is 0 Å². The van der Waals surface area contributed by atoms with E-state index in [0.29, 0.717) is 16.8 Å². The van der Waals surface area contributed by atoms with Gasteiger partial charge in [-0.05, 0) is 61.7 Å². The molecule has 0 radical (unpaired) electrons. The molecule has 2 N–H and O–H groups in total. The van der Waals surface area contributed by atoms with Crippen molar-refractivity contribution in [1.82, 2.24) is 5.43 Å². The predicted molar refractivity (Wildman–Crippen MR) is 96.7 cm³/mol. The van der Waals surface area contributed by atoms with Gasteiger partial charge < -0.3 is 5.32 Å². The van der Waals surface area contributed by atoms with Crippen molar-refractivity contribution in [3.63, 3.8) is 0 Å². The Hall–Kier alpha value is -3.16. The van der Waals surface area contributed by atoms with E-state index in [1.165, 1.54) is 18.2 Å². The molecular weight excluding hydrogens is 359 g/mol. The van der Waals surface area contributed by atoms with Gasteiger partial charge in [0.1, 0.15) is 0 Å². The van der Waals surface area contributed by atoms with Gasteiger partial charge >= 0.3 is 12.1 Å². The van der Waals surface area contributed by atoms with Crippen molar-refractivity contribution in [2.75, 3.05) is 5.32 Å². The maximum atomic E-state index is 12.3. The monoisotopic (exact) mass is 377 g/mol. The van der Waals surface area contributed by atoms with E-state index in [0.717, 1.165) is 11.1 Å². The summed E-state index contributed by atoms with van der Waals surface area (Å²) in [7, 11) is 0. The second kappa shape index (κ2) is 8.03. The van der Waals surface area contributed by atoms with Crippen molar-refractivity contribution in [3.8, 4) is 0 Å². The molecule has 2 aromatic carbocycles. The van der Waals surface area contributed by atoms with E-state index in [4.69, 9.17) is 0 Å². The SMILES string of the molecule is C/C(=N\NC(=O)c1ccc(C)c(C)c1)c1cccc(NC(=O)C(F)(F)F)c1. The number of halogens is 3. The van der Waals surface area contributed by atoms with Crippen LogP contribution in [-0.4, -0.2) is 23.7 Å². The summed E-state index contributed by atoms with van der Waals surface area (Å²) in [6, 6.07) is 11.0. The Morgan fingerprint density at radius 1 is 0.963 bits per heavy atom. The summed E-state index contributed by atoms with van der Waals surface area (Å²) in [6.45, 7) is 5.41. The molecule has 0 fully saturated rings. The summed E-state index contributed by atoms with van der Waals surface area (Å²) in [5.74, 6) is -2.46. The summed E-state index contributed by atoms with van der Waals surface area (Å²) in [5, 5.41) is 5.75. The zero-order chi connectivity index (χ0) is 20.2. The van der Waals surface area contributed by atoms with Crippen molar-refractivity contribution in [3.05, 3.63) is 64.7 Å². The molecule has 0 saturated carbocycles. The van der Waals surface area contributed by atoms with Crippen LogP contribution in [0.15, 0.2) is 47.6 Å². The summed E-state index contributed by atoms with van der Waals surface area (Å²) in [5.41, 5.74) is 5.68. The number of rotatable bonds is 4. The van der Waals surface area contributed by atoms with Crippen molar-refractivity contribution in [2.24, 2.45) is 5.10 Å². The first kappa shape index (κ1) is 20.2. The molecule has 0 saturated heterocycles. The van der Waals surface area contributed by atoms with Gasteiger partial charge in [0.05, 0.1) is 5.71 Å². The van der Waals surface area contributed by atoms with E-state index in [1.54, 1.807) is 30.4 Å². The van der Waals surface area contributed by atoms with E-state index < -0.39 is 18.0 Å². The number of carbonyl (C=O) groups excluding carboxylic acids is 2. The zero-order valence-electron chi connectivity index (χ0n) is 14.9. The zero-order valence-corrected chi connectivity index (χ0v) is 14.9. The number of nitrogens with zero attached hydrogens (tertiary/aromatic N) is 1. The quantitative estimate of drug-likeness (QED) is 0.625. The Kier molecular flexibility index (Phi) is 5.99. The molecule has 0 aliphatic rings. The lowest BCUT2D eigenvalue weighted by Gasteiger charge is -2.09. The minimum atomic E-state index is -4.97. The molecule has 2 amide bonds. The van der Waals surface area contributed by atoms with Gasteiger partial charge in [0.15, 0.2) is 0 Å². The van der Waals surface area contributed by atoms with Gasteiger partial charge in [0.25, 0.3) is 5.91 Å². The highest BCUT2D eigenvalue weighted by molar-refractivity contribution is 6.02. The van der Waals surface area contributed by atoms with Crippen LogP contribution in [0.2, 0.25) is 0 Å². The number of hydrazone groups is 1. The Morgan fingerprint density at radius 3 is 2.30 bits per heavy atom. The van der Waals surface area contributed by atoms with Crippen LogP contribution in [0.25, 0.3) is 0 Å². The Morgan fingerprint density at radius 2 is 1.67 bits per heavy atom. The fourth-order valence-corrected chi connectivity index (χ4v) is 2.17. The molecule has 0 spiro atoms. The molecular formula is C19H18F3N3O2. The van der Waals surface area contributed by atoms with Crippen LogP contribution in [0.3, 0.4) is 0 Å². The third-order valence-corrected chi connectivity index (χ3v) is 3.89. The number of hydrogen-bond acceptors (Lipinski definition) is 3. The van der Waals surface area contributed by atoms with Gasteiger partial charge in [-0.3, -0.25) is 9.59 Å². The minimum absolute atomic E-state index is 0.0233. The van der Waals surface area contributed by atoms with E-state index >= 15 is 0 Å². The van der Waals surface area contributed by atoms with Crippen LogP contribution in [0, 0.1) is 13.8 Å². The van der Waals surface area contributed by atoms with E-state index in [1.807, 2.05) is 19.9 Å². The Labute approximate surface area is 154 Å². The Balaban J connectivity index is 2.11. The van der Waals surface area contributed by atoms with Gasteiger partial charge in [0.2, 0.25) is 0 Å². The van der Waals surface area contributed by atoms with Crippen LogP contribution in [0.1, 0.15) is 34.0 Å². The second-order valence-electron chi connectivity index (χ2n) is 5.97. The van der Waals surface area contributed by atoms with Crippen molar-refractivity contribution >= 4 is 23.2 Å². The van der Waals surface area contributed by atoms with E-state index in [2.05, 4.69) is 10.5 Å². The molecule has 0 aliphatic carbocycles. The smallest absolute Gasteiger partial charge is 0.318 e. The van der Waals surface area contributed by atoms with Crippen LogP contribution < -0.4 is 10.7 Å². The van der Waals surface area contributed by atoms with Crippen LogP contribution >= 0.6 is 0 Å². The fourth-order valence-electron chi connectivity index (χ4n) is 2.17. The molecule has 5 nitrogen and oxygen atoms in total. The number of aryl methyl sites for hydroxylation is 2. The first-order chi connectivity index (χ1) is 12.6. The van der Waals surface area contributed by atoms with Crippen LogP contribution in [0.5, 0.6) is 0 Å². The standard InChI is InChI=1S/C19H18F3N3O2/c1-11-7-8-15(9-12(11)2)17(26)25-24-13(3)14-5-4-6-16(10-14)23-18(27)19(20,21)22/h4-10H,1-3H3,(H,23,27)(H,25,26)/b24-13+.